The quantitative estimate of drug-likeness (QED) is 0.365. The number of hydrogen-bond acceptors (Lipinski definition) is 4. The lowest BCUT2D eigenvalue weighted by molar-refractivity contribution is 0.389. The topological polar surface area (TPSA) is 52.6 Å². The molecule has 138 valence electrons. The van der Waals surface area contributed by atoms with Crippen LogP contribution in [0.15, 0.2) is 4.99 Å². The van der Waals surface area contributed by atoms with Crippen LogP contribution >= 0.6 is 11.3 Å². The third-order valence-corrected chi connectivity index (χ3v) is 5.13. The van der Waals surface area contributed by atoms with Crippen LogP contribution in [0.1, 0.15) is 47.7 Å². The molecule has 0 atom stereocenters. The lowest BCUT2D eigenvalue weighted by atomic mass is 10.1. The maximum absolute atomic E-state index is 4.57. The number of aryl methyl sites for hydroxylation is 2. The Labute approximate surface area is 152 Å². The van der Waals surface area contributed by atoms with E-state index in [2.05, 4.69) is 53.5 Å². The van der Waals surface area contributed by atoms with Gasteiger partial charge in [-0.15, -0.1) is 11.3 Å². The van der Waals surface area contributed by atoms with E-state index in [1.807, 2.05) is 7.05 Å². The molecule has 6 heteroatoms. The predicted octanol–water partition coefficient (Wildman–Crippen LogP) is 2.98. The number of aliphatic imine (C=N–C) groups is 1. The van der Waals surface area contributed by atoms with E-state index in [1.54, 1.807) is 11.3 Å². The maximum atomic E-state index is 4.57. The van der Waals surface area contributed by atoms with Crippen molar-refractivity contribution in [2.24, 2.45) is 4.99 Å². The van der Waals surface area contributed by atoms with Crippen molar-refractivity contribution in [3.63, 3.8) is 0 Å². The molecule has 0 amide bonds. The van der Waals surface area contributed by atoms with Crippen molar-refractivity contribution < 1.29 is 0 Å². The fourth-order valence-corrected chi connectivity index (χ4v) is 3.38. The number of guanidine groups is 1. The highest BCUT2D eigenvalue weighted by Gasteiger charge is 2.04. The zero-order chi connectivity index (χ0) is 17.8. The average molecular weight is 354 g/mol. The van der Waals surface area contributed by atoms with Crippen LogP contribution in [0.25, 0.3) is 0 Å². The molecule has 0 aliphatic rings. The second-order valence-electron chi connectivity index (χ2n) is 6.50. The number of rotatable bonds is 11. The van der Waals surface area contributed by atoms with Gasteiger partial charge in [-0.25, -0.2) is 4.98 Å². The highest BCUT2D eigenvalue weighted by molar-refractivity contribution is 7.11. The van der Waals surface area contributed by atoms with Crippen molar-refractivity contribution in [2.75, 3.05) is 40.8 Å². The van der Waals surface area contributed by atoms with Crippen molar-refractivity contribution >= 4 is 17.3 Å². The van der Waals surface area contributed by atoms with Crippen LogP contribution in [0.4, 0.5) is 0 Å². The van der Waals surface area contributed by atoms with Gasteiger partial charge in [-0.05, 0) is 47.3 Å². The van der Waals surface area contributed by atoms with Crippen molar-refractivity contribution in [3.05, 3.63) is 15.6 Å². The van der Waals surface area contributed by atoms with Gasteiger partial charge in [0.25, 0.3) is 0 Å². The summed E-state index contributed by atoms with van der Waals surface area (Å²) >= 11 is 1.79. The molecule has 0 aromatic carbocycles. The van der Waals surface area contributed by atoms with Gasteiger partial charge in [-0.2, -0.15) is 0 Å². The largest absolute Gasteiger partial charge is 0.356 e. The fraction of sp³-hybridized carbons (Fsp3) is 0.778. The van der Waals surface area contributed by atoms with Crippen LogP contribution in [0, 0.1) is 13.8 Å². The van der Waals surface area contributed by atoms with Crippen LogP contribution in [0.2, 0.25) is 0 Å². The van der Waals surface area contributed by atoms with Crippen LogP contribution in [0.3, 0.4) is 0 Å². The van der Waals surface area contributed by atoms with E-state index in [4.69, 9.17) is 0 Å². The van der Waals surface area contributed by atoms with E-state index in [1.165, 1.54) is 48.5 Å². The summed E-state index contributed by atoms with van der Waals surface area (Å²) in [6, 6.07) is 0. The molecular formula is C18H35N5S. The minimum atomic E-state index is 0.872. The van der Waals surface area contributed by atoms with Crippen molar-refractivity contribution in [2.45, 2.75) is 52.4 Å². The second-order valence-corrected chi connectivity index (χ2v) is 7.78. The van der Waals surface area contributed by atoms with Crippen molar-refractivity contribution in [1.29, 1.82) is 0 Å². The molecule has 1 aromatic rings. The van der Waals surface area contributed by atoms with E-state index in [-0.39, 0.29) is 0 Å². The zero-order valence-corrected chi connectivity index (χ0v) is 16.9. The molecule has 1 heterocycles. The van der Waals surface area contributed by atoms with Gasteiger partial charge in [-0.3, -0.25) is 4.99 Å². The number of nitrogens with zero attached hydrogens (tertiary/aromatic N) is 3. The van der Waals surface area contributed by atoms with Gasteiger partial charge < -0.3 is 15.5 Å². The Morgan fingerprint density at radius 1 is 1.04 bits per heavy atom. The normalized spacial score (nSPS) is 12.0. The van der Waals surface area contributed by atoms with E-state index >= 15 is 0 Å². The fourth-order valence-electron chi connectivity index (χ4n) is 2.44. The summed E-state index contributed by atoms with van der Waals surface area (Å²) in [5.74, 6) is 0.896. The van der Waals surface area contributed by atoms with Gasteiger partial charge in [0, 0.05) is 31.4 Å². The third kappa shape index (κ3) is 9.23. The molecule has 0 bridgehead atoms. The molecular weight excluding hydrogens is 318 g/mol. The van der Waals surface area contributed by atoms with Crippen LogP contribution in [0.5, 0.6) is 0 Å². The summed E-state index contributed by atoms with van der Waals surface area (Å²) in [5.41, 5.74) is 1.16. The predicted molar refractivity (Wildman–Crippen MR) is 106 cm³/mol. The number of unbranched alkanes of at least 4 members (excludes halogenated alkanes) is 4. The van der Waals surface area contributed by atoms with E-state index < -0.39 is 0 Å². The first-order valence-electron chi connectivity index (χ1n) is 9.05. The monoisotopic (exact) mass is 353 g/mol. The molecule has 5 nitrogen and oxygen atoms in total. The molecule has 0 spiro atoms. The lowest BCUT2D eigenvalue weighted by Gasteiger charge is -2.11. The zero-order valence-electron chi connectivity index (χ0n) is 16.1. The summed E-state index contributed by atoms with van der Waals surface area (Å²) in [4.78, 5) is 12.4. The summed E-state index contributed by atoms with van der Waals surface area (Å²) < 4.78 is 0. The molecule has 0 saturated carbocycles. The lowest BCUT2D eigenvalue weighted by Crippen LogP contribution is -2.38. The van der Waals surface area contributed by atoms with Gasteiger partial charge >= 0.3 is 0 Å². The molecule has 0 radical (unpaired) electrons. The Balaban J connectivity index is 2.04. The molecule has 0 aliphatic carbocycles. The van der Waals surface area contributed by atoms with Gasteiger partial charge in [0.05, 0.1) is 10.7 Å². The number of nitrogens with one attached hydrogen (secondary N) is 2. The van der Waals surface area contributed by atoms with E-state index in [0.717, 1.165) is 31.2 Å². The van der Waals surface area contributed by atoms with Gasteiger partial charge in [0.15, 0.2) is 5.96 Å². The minimum absolute atomic E-state index is 0.872. The Morgan fingerprint density at radius 2 is 1.71 bits per heavy atom. The Kier molecular flexibility index (Phi) is 10.7. The molecule has 24 heavy (non-hydrogen) atoms. The molecule has 0 fully saturated rings. The van der Waals surface area contributed by atoms with Gasteiger partial charge in [-0.1, -0.05) is 19.3 Å². The van der Waals surface area contributed by atoms with Crippen molar-refractivity contribution in [3.8, 4) is 0 Å². The molecule has 1 aromatic heterocycles. The van der Waals surface area contributed by atoms with E-state index in [9.17, 15) is 0 Å². The van der Waals surface area contributed by atoms with Gasteiger partial charge in [0.2, 0.25) is 0 Å². The highest BCUT2D eigenvalue weighted by atomic mass is 32.1. The summed E-state index contributed by atoms with van der Waals surface area (Å²) in [6.07, 6.45) is 7.40. The maximum Gasteiger partial charge on any atom is 0.190 e. The third-order valence-electron chi connectivity index (χ3n) is 4.00. The van der Waals surface area contributed by atoms with Crippen LogP contribution < -0.4 is 10.6 Å². The standard InChI is InChI=1S/C18H35N5S/c1-15-16(2)24-17(22-15)11-13-21-18(19-3)20-12-9-7-6-8-10-14-23(4)5/h6-14H2,1-5H3,(H2,19,20,21). The molecule has 2 N–H and O–H groups in total. The molecule has 1 rings (SSSR count). The van der Waals surface area contributed by atoms with Crippen LogP contribution in [-0.4, -0.2) is 56.6 Å². The minimum Gasteiger partial charge on any atom is -0.356 e. The first kappa shape index (κ1) is 20.9. The Bertz CT molecular complexity index is 462. The first-order valence-corrected chi connectivity index (χ1v) is 9.86. The number of aromatic nitrogens is 1. The highest BCUT2D eigenvalue weighted by Crippen LogP contribution is 2.16. The smallest absolute Gasteiger partial charge is 0.190 e. The Hall–Kier alpha value is -1.14. The average Bonchev–Trinajstić information content (AvgIpc) is 2.86. The summed E-state index contributed by atoms with van der Waals surface area (Å²) in [7, 11) is 6.10. The number of thiazole rings is 1. The molecule has 0 unspecified atom stereocenters. The Morgan fingerprint density at radius 3 is 2.33 bits per heavy atom. The van der Waals surface area contributed by atoms with Crippen LogP contribution in [-0.2, 0) is 6.42 Å². The molecule has 0 aliphatic heterocycles. The second kappa shape index (κ2) is 12.3. The number of hydrogen-bond donors (Lipinski definition) is 2. The molecule has 0 saturated heterocycles. The SMILES string of the molecule is CN=C(NCCCCCCCN(C)C)NCCc1nc(C)c(C)s1. The van der Waals surface area contributed by atoms with Crippen molar-refractivity contribution in [1.82, 2.24) is 20.5 Å². The van der Waals surface area contributed by atoms with Gasteiger partial charge in [0.1, 0.15) is 0 Å². The summed E-state index contributed by atoms with van der Waals surface area (Å²) in [6.45, 7) is 7.26. The van der Waals surface area contributed by atoms with E-state index in [0.29, 0.717) is 0 Å². The first-order chi connectivity index (χ1) is 11.5. The summed E-state index contributed by atoms with van der Waals surface area (Å²) in [5, 5.41) is 7.97.